The maximum Gasteiger partial charge on any atom is 0.287 e. The van der Waals surface area contributed by atoms with E-state index < -0.39 is 0 Å². The van der Waals surface area contributed by atoms with E-state index in [1.54, 1.807) is 0 Å². The van der Waals surface area contributed by atoms with Crippen LogP contribution in [0.4, 0.5) is 0 Å². The zero-order valence-corrected chi connectivity index (χ0v) is 13.0. The van der Waals surface area contributed by atoms with E-state index in [1.807, 2.05) is 55.5 Å². The molecule has 4 heteroatoms. The highest BCUT2D eigenvalue weighted by molar-refractivity contribution is 6.30. The highest BCUT2D eigenvalue weighted by Gasteiger charge is 2.16. The summed E-state index contributed by atoms with van der Waals surface area (Å²) < 4.78 is 5.65. The molecule has 0 saturated carbocycles. The molecular weight excluding hydrogens is 298 g/mol. The van der Waals surface area contributed by atoms with Crippen LogP contribution in [0.5, 0.6) is 0 Å². The predicted molar refractivity (Wildman–Crippen MR) is 88.4 cm³/mol. The minimum atomic E-state index is -0.185. The van der Waals surface area contributed by atoms with Gasteiger partial charge in [-0.05, 0) is 37.1 Å². The summed E-state index contributed by atoms with van der Waals surface area (Å²) in [7, 11) is 0. The third-order valence-corrected chi connectivity index (χ3v) is 3.87. The van der Waals surface area contributed by atoms with E-state index in [-0.39, 0.29) is 5.91 Å². The fourth-order valence-electron chi connectivity index (χ4n) is 2.48. The molecule has 2 aromatic carbocycles. The van der Waals surface area contributed by atoms with E-state index in [1.165, 1.54) is 0 Å². The standard InChI is InChI=1S/C18H16ClNO2/c1-12-15-7-2-3-8-16(15)22-17(12)18(21)20-10-9-13-5-4-6-14(19)11-13/h2-8,11H,9-10H2,1H3,(H,20,21). The van der Waals surface area contributed by atoms with Gasteiger partial charge in [-0.2, -0.15) is 0 Å². The second-order valence-corrected chi connectivity index (χ2v) is 5.62. The quantitative estimate of drug-likeness (QED) is 0.777. The summed E-state index contributed by atoms with van der Waals surface area (Å²) in [5.74, 6) is 0.197. The Labute approximate surface area is 133 Å². The lowest BCUT2D eigenvalue weighted by Gasteiger charge is -2.04. The van der Waals surface area contributed by atoms with Crippen LogP contribution in [0.3, 0.4) is 0 Å². The number of benzene rings is 2. The average molecular weight is 314 g/mol. The number of aryl methyl sites for hydroxylation is 1. The number of halogens is 1. The van der Waals surface area contributed by atoms with Crippen LogP contribution in [0.2, 0.25) is 5.02 Å². The number of furan rings is 1. The molecule has 0 saturated heterocycles. The van der Waals surface area contributed by atoms with Crippen LogP contribution in [-0.4, -0.2) is 12.5 Å². The van der Waals surface area contributed by atoms with Crippen molar-refractivity contribution in [2.75, 3.05) is 6.54 Å². The van der Waals surface area contributed by atoms with Crippen molar-refractivity contribution in [3.8, 4) is 0 Å². The van der Waals surface area contributed by atoms with Crippen molar-refractivity contribution in [2.24, 2.45) is 0 Å². The number of nitrogens with one attached hydrogen (secondary N) is 1. The van der Waals surface area contributed by atoms with Gasteiger partial charge in [0.15, 0.2) is 5.76 Å². The van der Waals surface area contributed by atoms with Crippen LogP contribution >= 0.6 is 11.6 Å². The minimum Gasteiger partial charge on any atom is -0.451 e. The second kappa shape index (κ2) is 6.24. The van der Waals surface area contributed by atoms with Crippen LogP contribution in [0, 0.1) is 6.92 Å². The van der Waals surface area contributed by atoms with E-state index in [9.17, 15) is 4.79 Å². The van der Waals surface area contributed by atoms with Gasteiger partial charge in [-0.1, -0.05) is 41.9 Å². The summed E-state index contributed by atoms with van der Waals surface area (Å²) in [6.07, 6.45) is 0.728. The van der Waals surface area contributed by atoms with Crippen LogP contribution in [0.25, 0.3) is 11.0 Å². The lowest BCUT2D eigenvalue weighted by Crippen LogP contribution is -2.25. The number of para-hydroxylation sites is 1. The van der Waals surface area contributed by atoms with Crippen molar-refractivity contribution < 1.29 is 9.21 Å². The summed E-state index contributed by atoms with van der Waals surface area (Å²) in [4.78, 5) is 12.3. The Morgan fingerprint density at radius 3 is 2.77 bits per heavy atom. The largest absolute Gasteiger partial charge is 0.451 e. The summed E-state index contributed by atoms with van der Waals surface area (Å²) in [5.41, 5.74) is 2.70. The molecule has 0 bridgehead atoms. The number of fused-ring (bicyclic) bond motifs is 1. The molecule has 0 aliphatic heterocycles. The molecular formula is C18H16ClNO2. The third-order valence-electron chi connectivity index (χ3n) is 3.64. The van der Waals surface area contributed by atoms with Crippen molar-refractivity contribution in [3.05, 3.63) is 70.4 Å². The van der Waals surface area contributed by atoms with Gasteiger partial charge in [0.2, 0.25) is 0 Å². The van der Waals surface area contributed by atoms with Gasteiger partial charge < -0.3 is 9.73 Å². The van der Waals surface area contributed by atoms with Gasteiger partial charge in [-0.15, -0.1) is 0 Å². The molecule has 0 fully saturated rings. The Morgan fingerprint density at radius 1 is 1.18 bits per heavy atom. The molecule has 1 amide bonds. The number of amides is 1. The van der Waals surface area contributed by atoms with Crippen molar-refractivity contribution in [2.45, 2.75) is 13.3 Å². The summed E-state index contributed by atoms with van der Waals surface area (Å²) in [5, 5.41) is 4.57. The fourth-order valence-corrected chi connectivity index (χ4v) is 2.70. The van der Waals surface area contributed by atoms with Crippen molar-refractivity contribution in [3.63, 3.8) is 0 Å². The first-order valence-corrected chi connectivity index (χ1v) is 7.54. The van der Waals surface area contributed by atoms with Gasteiger partial charge in [0.25, 0.3) is 5.91 Å². The second-order valence-electron chi connectivity index (χ2n) is 5.19. The van der Waals surface area contributed by atoms with E-state index in [2.05, 4.69) is 5.32 Å². The molecule has 1 heterocycles. The first-order valence-electron chi connectivity index (χ1n) is 7.16. The first kappa shape index (κ1) is 14.7. The number of carbonyl (C=O) groups excluding carboxylic acids is 1. The van der Waals surface area contributed by atoms with Gasteiger partial charge in [-0.3, -0.25) is 4.79 Å². The predicted octanol–water partition coefficient (Wildman–Crippen LogP) is 4.37. The number of rotatable bonds is 4. The van der Waals surface area contributed by atoms with Gasteiger partial charge >= 0.3 is 0 Å². The Morgan fingerprint density at radius 2 is 2.00 bits per heavy atom. The summed E-state index contributed by atoms with van der Waals surface area (Å²) in [6, 6.07) is 15.3. The van der Waals surface area contributed by atoms with Crippen LogP contribution in [0.15, 0.2) is 52.9 Å². The highest BCUT2D eigenvalue weighted by Crippen LogP contribution is 2.24. The molecule has 112 valence electrons. The Balaban J connectivity index is 1.67. The lowest BCUT2D eigenvalue weighted by atomic mass is 10.1. The molecule has 1 N–H and O–H groups in total. The Kier molecular flexibility index (Phi) is 4.16. The van der Waals surface area contributed by atoms with Crippen LogP contribution in [0.1, 0.15) is 21.7 Å². The smallest absolute Gasteiger partial charge is 0.287 e. The number of carbonyl (C=O) groups is 1. The average Bonchev–Trinajstić information content (AvgIpc) is 2.85. The molecule has 1 aromatic heterocycles. The van der Waals surface area contributed by atoms with E-state index >= 15 is 0 Å². The SMILES string of the molecule is Cc1c(C(=O)NCCc2cccc(Cl)c2)oc2ccccc12. The molecule has 0 radical (unpaired) electrons. The van der Waals surface area contributed by atoms with Gasteiger partial charge in [0.05, 0.1) is 0 Å². The van der Waals surface area contributed by atoms with Crippen molar-refractivity contribution >= 4 is 28.5 Å². The topological polar surface area (TPSA) is 42.2 Å². The molecule has 0 atom stereocenters. The van der Waals surface area contributed by atoms with Crippen molar-refractivity contribution in [1.82, 2.24) is 5.32 Å². The molecule has 0 aliphatic rings. The number of hydrogen-bond acceptors (Lipinski definition) is 2. The fraction of sp³-hybridized carbons (Fsp3) is 0.167. The Bertz CT molecular complexity index is 823. The molecule has 3 rings (SSSR count). The van der Waals surface area contributed by atoms with E-state index in [4.69, 9.17) is 16.0 Å². The zero-order chi connectivity index (χ0) is 15.5. The molecule has 0 spiro atoms. The number of hydrogen-bond donors (Lipinski definition) is 1. The lowest BCUT2D eigenvalue weighted by molar-refractivity contribution is 0.0928. The van der Waals surface area contributed by atoms with Crippen molar-refractivity contribution in [1.29, 1.82) is 0 Å². The van der Waals surface area contributed by atoms with Crippen LogP contribution in [-0.2, 0) is 6.42 Å². The van der Waals surface area contributed by atoms with Crippen LogP contribution < -0.4 is 5.32 Å². The first-order chi connectivity index (χ1) is 10.6. The van der Waals surface area contributed by atoms with Gasteiger partial charge in [0, 0.05) is 22.5 Å². The molecule has 0 aliphatic carbocycles. The van der Waals surface area contributed by atoms with Gasteiger partial charge in [0.1, 0.15) is 5.58 Å². The molecule has 22 heavy (non-hydrogen) atoms. The maximum atomic E-state index is 12.3. The summed E-state index contributed by atoms with van der Waals surface area (Å²) in [6.45, 7) is 2.44. The van der Waals surface area contributed by atoms with Gasteiger partial charge in [-0.25, -0.2) is 0 Å². The highest BCUT2D eigenvalue weighted by atomic mass is 35.5. The third kappa shape index (κ3) is 3.00. The normalized spacial score (nSPS) is 10.8. The molecule has 3 nitrogen and oxygen atoms in total. The Hall–Kier alpha value is -2.26. The monoisotopic (exact) mass is 313 g/mol. The zero-order valence-electron chi connectivity index (χ0n) is 12.2. The van der Waals surface area contributed by atoms with E-state index in [0.717, 1.165) is 28.5 Å². The maximum absolute atomic E-state index is 12.3. The van der Waals surface area contributed by atoms with E-state index in [0.29, 0.717) is 17.3 Å². The molecule has 3 aromatic rings. The molecule has 0 unspecified atom stereocenters. The minimum absolute atomic E-state index is 0.185. The summed E-state index contributed by atoms with van der Waals surface area (Å²) >= 11 is 5.95.